The lowest BCUT2D eigenvalue weighted by atomic mass is 9.78. The molecule has 5 nitrogen and oxygen atoms in total. The van der Waals surface area contributed by atoms with E-state index >= 15 is 0 Å². The van der Waals surface area contributed by atoms with E-state index < -0.39 is 0 Å². The van der Waals surface area contributed by atoms with Crippen molar-refractivity contribution in [2.24, 2.45) is 5.92 Å². The van der Waals surface area contributed by atoms with Gasteiger partial charge in [0.15, 0.2) is 11.0 Å². The van der Waals surface area contributed by atoms with Crippen LogP contribution in [0.15, 0.2) is 29.4 Å². The molecule has 2 aliphatic carbocycles. The van der Waals surface area contributed by atoms with Gasteiger partial charge in [-0.15, -0.1) is 10.2 Å². The molecule has 0 spiro atoms. The molecule has 1 aromatic carbocycles. The molecule has 1 saturated heterocycles. The molecule has 5 rings (SSSR count). The number of nitrogens with zero attached hydrogens (tertiary/aromatic N) is 4. The maximum Gasteiger partial charge on any atom is 0.233 e. The Hall–Kier alpha value is -1.89. The van der Waals surface area contributed by atoms with Crippen molar-refractivity contribution < 1.29 is 9.18 Å². The quantitative estimate of drug-likeness (QED) is 0.666. The van der Waals surface area contributed by atoms with Crippen molar-refractivity contribution in [1.29, 1.82) is 0 Å². The van der Waals surface area contributed by atoms with Crippen LogP contribution >= 0.6 is 11.8 Å². The highest BCUT2D eigenvalue weighted by Gasteiger charge is 2.36. The fourth-order valence-electron chi connectivity index (χ4n) is 5.01. The minimum atomic E-state index is -0.286. The van der Waals surface area contributed by atoms with E-state index in [0.717, 1.165) is 37.4 Å². The van der Waals surface area contributed by atoms with Crippen LogP contribution in [0.1, 0.15) is 57.4 Å². The number of carbonyl (C=O) groups excluding carboxylic acids is 1. The molecular weight excluding hydrogens is 387 g/mol. The first kappa shape index (κ1) is 19.1. The third-order valence-corrected chi connectivity index (χ3v) is 7.51. The van der Waals surface area contributed by atoms with Gasteiger partial charge in [-0.25, -0.2) is 4.39 Å². The summed E-state index contributed by atoms with van der Waals surface area (Å²) in [5.74, 6) is 1.57. The Morgan fingerprint density at radius 3 is 2.69 bits per heavy atom. The molecule has 7 heteroatoms. The summed E-state index contributed by atoms with van der Waals surface area (Å²) in [5.41, 5.74) is 0.478. The molecule has 29 heavy (non-hydrogen) atoms. The highest BCUT2D eigenvalue weighted by Crippen LogP contribution is 2.42. The summed E-state index contributed by atoms with van der Waals surface area (Å²) in [7, 11) is 0. The molecule has 154 valence electrons. The Morgan fingerprint density at radius 1 is 1.07 bits per heavy atom. The Bertz CT molecular complexity index is 895. The maximum atomic E-state index is 14.3. The molecule has 2 heterocycles. The van der Waals surface area contributed by atoms with Gasteiger partial charge in [0.25, 0.3) is 0 Å². The normalized spacial score (nSPS) is 24.4. The highest BCUT2D eigenvalue weighted by atomic mass is 32.2. The lowest BCUT2D eigenvalue weighted by Gasteiger charge is -2.44. The summed E-state index contributed by atoms with van der Waals surface area (Å²) < 4.78 is 16.4. The minimum Gasteiger partial charge on any atom is -0.339 e. The molecule has 1 aromatic heterocycles. The number of piperidine rings is 1. The summed E-state index contributed by atoms with van der Waals surface area (Å²) in [6, 6.07) is 7.44. The number of halogens is 1. The van der Waals surface area contributed by atoms with Crippen LogP contribution in [0.3, 0.4) is 0 Å². The number of thioether (sulfide) groups is 1. The van der Waals surface area contributed by atoms with Crippen LogP contribution in [0, 0.1) is 11.7 Å². The van der Waals surface area contributed by atoms with E-state index in [1.54, 1.807) is 12.1 Å². The number of likely N-dealkylation sites (tertiary alicyclic amines) is 1. The molecule has 2 aromatic rings. The second kappa shape index (κ2) is 8.09. The van der Waals surface area contributed by atoms with Crippen molar-refractivity contribution in [3.05, 3.63) is 30.1 Å². The van der Waals surface area contributed by atoms with Gasteiger partial charge >= 0.3 is 0 Å². The van der Waals surface area contributed by atoms with Gasteiger partial charge in [0, 0.05) is 18.6 Å². The van der Waals surface area contributed by atoms with Crippen LogP contribution in [0.25, 0.3) is 11.4 Å². The first-order chi connectivity index (χ1) is 14.2. The van der Waals surface area contributed by atoms with E-state index in [9.17, 15) is 9.18 Å². The van der Waals surface area contributed by atoms with Crippen LogP contribution in [0.4, 0.5) is 4.39 Å². The van der Waals surface area contributed by atoms with Gasteiger partial charge in [0.05, 0.1) is 11.3 Å². The molecular formula is C22H27FN4OS. The lowest BCUT2D eigenvalue weighted by molar-refractivity contribution is -0.134. The van der Waals surface area contributed by atoms with Crippen LogP contribution in [-0.4, -0.2) is 43.9 Å². The van der Waals surface area contributed by atoms with Crippen LogP contribution < -0.4 is 0 Å². The minimum absolute atomic E-state index is 0.212. The first-order valence-corrected chi connectivity index (χ1v) is 11.8. The molecule has 1 aliphatic heterocycles. The van der Waals surface area contributed by atoms with Crippen molar-refractivity contribution >= 4 is 17.7 Å². The molecule has 0 radical (unpaired) electrons. The Morgan fingerprint density at radius 2 is 1.86 bits per heavy atom. The zero-order valence-corrected chi connectivity index (χ0v) is 17.4. The van der Waals surface area contributed by atoms with Crippen LogP contribution in [0.5, 0.6) is 0 Å². The van der Waals surface area contributed by atoms with Crippen LogP contribution in [-0.2, 0) is 4.79 Å². The molecule has 2 saturated carbocycles. The number of aromatic nitrogens is 3. The number of amides is 1. The third-order valence-electron chi connectivity index (χ3n) is 6.58. The van der Waals surface area contributed by atoms with E-state index in [-0.39, 0.29) is 11.7 Å². The maximum absolute atomic E-state index is 14.3. The Balaban J connectivity index is 1.32. The van der Waals surface area contributed by atoms with E-state index in [1.165, 1.54) is 43.5 Å². The Kier molecular flexibility index (Phi) is 5.33. The second-order valence-electron chi connectivity index (χ2n) is 8.52. The number of carbonyl (C=O) groups is 1. The van der Waals surface area contributed by atoms with Crippen molar-refractivity contribution in [3.63, 3.8) is 0 Å². The monoisotopic (exact) mass is 414 g/mol. The van der Waals surface area contributed by atoms with E-state index in [2.05, 4.69) is 15.1 Å². The molecule has 0 bridgehead atoms. The van der Waals surface area contributed by atoms with Crippen LogP contribution in [0.2, 0.25) is 0 Å². The lowest BCUT2D eigenvalue weighted by Crippen LogP contribution is -2.50. The summed E-state index contributed by atoms with van der Waals surface area (Å²) in [6.45, 7) is 0.885. The average Bonchev–Trinajstić information content (AvgIpc) is 3.51. The number of fused-ring (bicyclic) bond motifs is 1. The van der Waals surface area contributed by atoms with Gasteiger partial charge in [-0.3, -0.25) is 9.36 Å². The first-order valence-electron chi connectivity index (χ1n) is 10.8. The molecule has 3 fully saturated rings. The predicted molar refractivity (Wildman–Crippen MR) is 111 cm³/mol. The standard InChI is InChI=1S/C22H27FN4OS/c23-18-9-3-2-8-17(18)21-24-25-22(27(21)16-11-12-16)29-14-20(28)26-13-5-7-15-6-1-4-10-19(15)26/h2-3,8-9,15-16,19H,1,4-7,10-14H2/t15-,19-/m0/s1. The number of rotatable bonds is 5. The molecule has 2 atom stereocenters. The topological polar surface area (TPSA) is 51.0 Å². The number of hydrogen-bond donors (Lipinski definition) is 0. The number of hydrogen-bond acceptors (Lipinski definition) is 4. The highest BCUT2D eigenvalue weighted by molar-refractivity contribution is 7.99. The summed E-state index contributed by atoms with van der Waals surface area (Å²) in [4.78, 5) is 15.2. The summed E-state index contributed by atoms with van der Waals surface area (Å²) >= 11 is 1.45. The Labute approximate surface area is 175 Å². The number of benzene rings is 1. The van der Waals surface area contributed by atoms with Gasteiger partial charge in [0.1, 0.15) is 5.82 Å². The van der Waals surface area contributed by atoms with Crippen molar-refractivity contribution in [2.45, 2.75) is 68.6 Å². The molecule has 0 N–H and O–H groups in total. The largest absolute Gasteiger partial charge is 0.339 e. The van der Waals surface area contributed by atoms with Crippen molar-refractivity contribution in [3.8, 4) is 11.4 Å². The van der Waals surface area contributed by atoms with Gasteiger partial charge in [-0.05, 0) is 56.6 Å². The van der Waals surface area contributed by atoms with Crippen molar-refractivity contribution in [1.82, 2.24) is 19.7 Å². The van der Waals surface area contributed by atoms with Gasteiger partial charge in [0.2, 0.25) is 5.91 Å². The smallest absolute Gasteiger partial charge is 0.233 e. The van der Waals surface area contributed by atoms with Gasteiger partial charge in [-0.1, -0.05) is 36.7 Å². The van der Waals surface area contributed by atoms with Gasteiger partial charge < -0.3 is 4.90 Å². The fraction of sp³-hybridized carbons (Fsp3) is 0.591. The zero-order chi connectivity index (χ0) is 19.8. The molecule has 1 amide bonds. The van der Waals surface area contributed by atoms with Gasteiger partial charge in [-0.2, -0.15) is 0 Å². The van der Waals surface area contributed by atoms with E-state index in [4.69, 9.17) is 0 Å². The van der Waals surface area contributed by atoms with Crippen molar-refractivity contribution in [2.75, 3.05) is 12.3 Å². The second-order valence-corrected chi connectivity index (χ2v) is 9.46. The van der Waals surface area contributed by atoms with E-state index in [0.29, 0.717) is 35.1 Å². The molecule has 3 aliphatic rings. The predicted octanol–water partition coefficient (Wildman–Crippen LogP) is 4.69. The average molecular weight is 415 g/mol. The molecule has 0 unspecified atom stereocenters. The summed E-state index contributed by atoms with van der Waals surface area (Å²) in [5, 5.41) is 9.36. The van der Waals surface area contributed by atoms with E-state index in [1.807, 2.05) is 10.6 Å². The summed E-state index contributed by atoms with van der Waals surface area (Å²) in [6.07, 6.45) is 9.45. The zero-order valence-electron chi connectivity index (χ0n) is 16.6. The third kappa shape index (κ3) is 3.81. The SMILES string of the molecule is O=C(CSc1nnc(-c2ccccc2F)n1C1CC1)N1CCC[C@@H]2CCCC[C@@H]21. The fourth-order valence-corrected chi connectivity index (χ4v) is 5.90.